The van der Waals surface area contributed by atoms with Gasteiger partial charge in [-0.25, -0.2) is 9.18 Å². The number of urea groups is 1. The van der Waals surface area contributed by atoms with Crippen molar-refractivity contribution in [2.24, 2.45) is 0 Å². The highest BCUT2D eigenvalue weighted by Gasteiger charge is 2.54. The highest BCUT2D eigenvalue weighted by molar-refractivity contribution is 6.09. The first-order valence-electron chi connectivity index (χ1n) is 6.56. The molecule has 1 aliphatic carbocycles. The molecule has 1 atom stereocenters. The van der Waals surface area contributed by atoms with Gasteiger partial charge in [0, 0.05) is 6.54 Å². The van der Waals surface area contributed by atoms with Crippen LogP contribution in [0.25, 0.3) is 0 Å². The SMILES string of the molecule is CCCN1C(=O)NC(=N)C12CCc1c(F)cccc12. The summed E-state index contributed by atoms with van der Waals surface area (Å²) >= 11 is 0. The van der Waals surface area contributed by atoms with Gasteiger partial charge >= 0.3 is 6.03 Å². The number of carbonyl (C=O) groups excluding carboxylic acids is 1. The molecule has 1 aromatic carbocycles. The Morgan fingerprint density at radius 3 is 3.05 bits per heavy atom. The van der Waals surface area contributed by atoms with Crippen LogP contribution in [-0.2, 0) is 12.0 Å². The lowest BCUT2D eigenvalue weighted by Crippen LogP contribution is -2.45. The first kappa shape index (κ1) is 12.1. The molecule has 5 heteroatoms. The monoisotopic (exact) mass is 261 g/mol. The minimum absolute atomic E-state index is 0.176. The number of fused-ring (bicyclic) bond motifs is 2. The maximum atomic E-state index is 13.9. The molecule has 1 heterocycles. The second kappa shape index (κ2) is 4.05. The summed E-state index contributed by atoms with van der Waals surface area (Å²) in [6.07, 6.45) is 1.97. The largest absolute Gasteiger partial charge is 0.323 e. The molecule has 100 valence electrons. The topological polar surface area (TPSA) is 56.2 Å². The van der Waals surface area contributed by atoms with E-state index in [1.807, 2.05) is 13.0 Å². The van der Waals surface area contributed by atoms with Gasteiger partial charge in [0.05, 0.1) is 0 Å². The number of hydrogen-bond donors (Lipinski definition) is 2. The number of nitrogens with zero attached hydrogens (tertiary/aromatic N) is 1. The van der Waals surface area contributed by atoms with E-state index in [1.54, 1.807) is 11.0 Å². The fraction of sp³-hybridized carbons (Fsp3) is 0.429. The average Bonchev–Trinajstić information content (AvgIpc) is 2.87. The minimum Gasteiger partial charge on any atom is -0.307 e. The van der Waals surface area contributed by atoms with Crippen molar-refractivity contribution < 1.29 is 9.18 Å². The van der Waals surface area contributed by atoms with Crippen molar-refractivity contribution in [2.45, 2.75) is 31.7 Å². The van der Waals surface area contributed by atoms with Gasteiger partial charge in [-0.05, 0) is 36.5 Å². The summed E-state index contributed by atoms with van der Waals surface area (Å²) in [6.45, 7) is 2.56. The second-order valence-electron chi connectivity index (χ2n) is 5.08. The maximum absolute atomic E-state index is 13.9. The van der Waals surface area contributed by atoms with Crippen LogP contribution in [0.3, 0.4) is 0 Å². The highest BCUT2D eigenvalue weighted by Crippen LogP contribution is 2.45. The van der Waals surface area contributed by atoms with Gasteiger partial charge in [0.1, 0.15) is 17.2 Å². The number of benzene rings is 1. The number of hydrogen-bond acceptors (Lipinski definition) is 2. The molecule has 1 aliphatic heterocycles. The van der Waals surface area contributed by atoms with Crippen molar-refractivity contribution in [1.29, 1.82) is 5.41 Å². The average molecular weight is 261 g/mol. The van der Waals surface area contributed by atoms with Crippen molar-refractivity contribution in [3.05, 3.63) is 35.1 Å². The number of rotatable bonds is 2. The molecule has 2 amide bonds. The van der Waals surface area contributed by atoms with Crippen molar-refractivity contribution in [3.63, 3.8) is 0 Å². The lowest BCUT2D eigenvalue weighted by molar-refractivity contribution is 0.172. The molecule has 1 fully saturated rings. The molecule has 1 aromatic rings. The van der Waals surface area contributed by atoms with Crippen LogP contribution in [0.1, 0.15) is 30.9 Å². The molecular formula is C14H16FN3O. The van der Waals surface area contributed by atoms with Crippen LogP contribution in [0.4, 0.5) is 9.18 Å². The van der Waals surface area contributed by atoms with Gasteiger partial charge < -0.3 is 4.90 Å². The number of amidine groups is 1. The van der Waals surface area contributed by atoms with E-state index in [0.29, 0.717) is 24.9 Å². The quantitative estimate of drug-likeness (QED) is 0.843. The Bertz CT molecular complexity index is 572. The first-order valence-corrected chi connectivity index (χ1v) is 6.56. The standard InChI is InChI=1S/C14H16FN3O/c1-2-8-18-13(19)17-12(16)14(18)7-6-9-10(14)4-3-5-11(9)15/h3-5H,2,6-8H2,1H3,(H2,16,17,19). The van der Waals surface area contributed by atoms with Gasteiger partial charge in [-0.15, -0.1) is 0 Å². The van der Waals surface area contributed by atoms with Crippen LogP contribution in [-0.4, -0.2) is 23.3 Å². The van der Waals surface area contributed by atoms with Crippen LogP contribution in [0, 0.1) is 11.2 Å². The summed E-state index contributed by atoms with van der Waals surface area (Å²) in [5.74, 6) is -0.0618. The number of halogens is 1. The van der Waals surface area contributed by atoms with Crippen molar-refractivity contribution in [1.82, 2.24) is 10.2 Å². The zero-order chi connectivity index (χ0) is 13.6. The summed E-state index contributed by atoms with van der Waals surface area (Å²) in [4.78, 5) is 13.7. The van der Waals surface area contributed by atoms with E-state index in [1.165, 1.54) is 6.07 Å². The van der Waals surface area contributed by atoms with Crippen LogP contribution >= 0.6 is 0 Å². The van der Waals surface area contributed by atoms with Crippen LogP contribution in [0.5, 0.6) is 0 Å². The molecular weight excluding hydrogens is 245 g/mol. The van der Waals surface area contributed by atoms with E-state index < -0.39 is 5.54 Å². The lowest BCUT2D eigenvalue weighted by atomic mass is 9.89. The molecule has 3 rings (SSSR count). The number of nitrogens with one attached hydrogen (secondary N) is 2. The summed E-state index contributed by atoms with van der Waals surface area (Å²) in [5.41, 5.74) is 0.638. The normalized spacial score (nSPS) is 25.1. The van der Waals surface area contributed by atoms with Gasteiger partial charge in [-0.3, -0.25) is 10.7 Å². The molecule has 19 heavy (non-hydrogen) atoms. The van der Waals surface area contributed by atoms with Crippen LogP contribution < -0.4 is 5.32 Å². The van der Waals surface area contributed by atoms with Crippen molar-refractivity contribution in [3.8, 4) is 0 Å². The van der Waals surface area contributed by atoms with Gasteiger partial charge in [0.25, 0.3) is 0 Å². The summed E-state index contributed by atoms with van der Waals surface area (Å²) in [5, 5.41) is 10.7. The summed E-state index contributed by atoms with van der Waals surface area (Å²) in [7, 11) is 0. The fourth-order valence-corrected chi connectivity index (χ4v) is 3.28. The number of amides is 2. The fourth-order valence-electron chi connectivity index (χ4n) is 3.28. The van der Waals surface area contributed by atoms with E-state index in [-0.39, 0.29) is 17.7 Å². The zero-order valence-corrected chi connectivity index (χ0v) is 10.8. The third kappa shape index (κ3) is 1.44. The van der Waals surface area contributed by atoms with E-state index in [4.69, 9.17) is 5.41 Å². The van der Waals surface area contributed by atoms with Gasteiger partial charge in [-0.2, -0.15) is 0 Å². The Kier molecular flexibility index (Phi) is 2.59. The Hall–Kier alpha value is -1.91. The minimum atomic E-state index is -0.773. The Balaban J connectivity index is 2.17. The molecule has 2 N–H and O–H groups in total. The molecule has 0 bridgehead atoms. The third-order valence-electron chi connectivity index (χ3n) is 4.10. The summed E-state index contributed by atoms with van der Waals surface area (Å²) < 4.78 is 13.9. The van der Waals surface area contributed by atoms with E-state index in [0.717, 1.165) is 12.0 Å². The third-order valence-corrected chi connectivity index (χ3v) is 4.10. The zero-order valence-electron chi connectivity index (χ0n) is 10.8. The van der Waals surface area contributed by atoms with E-state index in [2.05, 4.69) is 5.32 Å². The molecule has 0 aromatic heterocycles. The lowest BCUT2D eigenvalue weighted by Gasteiger charge is -2.33. The Labute approximate surface area is 111 Å². The molecule has 0 saturated carbocycles. The van der Waals surface area contributed by atoms with Gasteiger partial charge in [0.15, 0.2) is 0 Å². The second-order valence-corrected chi connectivity index (χ2v) is 5.08. The molecule has 0 radical (unpaired) electrons. The smallest absolute Gasteiger partial charge is 0.307 e. The Morgan fingerprint density at radius 1 is 1.53 bits per heavy atom. The predicted molar refractivity (Wildman–Crippen MR) is 69.7 cm³/mol. The van der Waals surface area contributed by atoms with Crippen LogP contribution in [0.2, 0.25) is 0 Å². The van der Waals surface area contributed by atoms with Crippen molar-refractivity contribution >= 4 is 11.9 Å². The van der Waals surface area contributed by atoms with E-state index in [9.17, 15) is 9.18 Å². The van der Waals surface area contributed by atoms with Gasteiger partial charge in [0.2, 0.25) is 0 Å². The molecule has 1 unspecified atom stereocenters. The molecule has 1 saturated heterocycles. The van der Waals surface area contributed by atoms with Crippen LogP contribution in [0.15, 0.2) is 18.2 Å². The van der Waals surface area contributed by atoms with E-state index >= 15 is 0 Å². The van der Waals surface area contributed by atoms with Crippen molar-refractivity contribution in [2.75, 3.05) is 6.54 Å². The molecule has 4 nitrogen and oxygen atoms in total. The predicted octanol–water partition coefficient (Wildman–Crippen LogP) is 2.38. The maximum Gasteiger partial charge on any atom is 0.323 e. The number of carbonyl (C=O) groups is 1. The Morgan fingerprint density at radius 2 is 2.32 bits per heavy atom. The first-order chi connectivity index (χ1) is 9.11. The molecule has 1 spiro atoms. The summed E-state index contributed by atoms with van der Waals surface area (Å²) in [6, 6.07) is 4.68. The van der Waals surface area contributed by atoms with Gasteiger partial charge in [-0.1, -0.05) is 19.1 Å². The highest BCUT2D eigenvalue weighted by atomic mass is 19.1. The molecule has 2 aliphatic rings.